The van der Waals surface area contributed by atoms with Gasteiger partial charge in [0, 0.05) is 12.1 Å². The lowest BCUT2D eigenvalue weighted by Gasteiger charge is -2.39. The van der Waals surface area contributed by atoms with Crippen LogP contribution in [0.4, 0.5) is 4.79 Å². The Balaban J connectivity index is 1.59. The van der Waals surface area contributed by atoms with E-state index >= 15 is 0 Å². The van der Waals surface area contributed by atoms with E-state index in [1.54, 1.807) is 0 Å². The van der Waals surface area contributed by atoms with Gasteiger partial charge in [0.25, 0.3) is 0 Å². The average molecular weight is 322 g/mol. The predicted octanol–water partition coefficient (Wildman–Crippen LogP) is 4.50. The van der Waals surface area contributed by atoms with E-state index < -0.39 is 0 Å². The van der Waals surface area contributed by atoms with Crippen LogP contribution in [-0.2, 0) is 0 Å². The quantitative estimate of drug-likeness (QED) is 0.749. The summed E-state index contributed by atoms with van der Waals surface area (Å²) in [6.07, 6.45) is 18.8. The zero-order valence-corrected chi connectivity index (χ0v) is 14.7. The van der Waals surface area contributed by atoms with E-state index in [1.807, 2.05) is 5.01 Å². The van der Waals surface area contributed by atoms with Crippen molar-refractivity contribution in [2.45, 2.75) is 114 Å². The summed E-state index contributed by atoms with van der Waals surface area (Å²) in [7, 11) is 0. The molecule has 3 rings (SSSR count). The van der Waals surface area contributed by atoms with Gasteiger partial charge in [-0.1, -0.05) is 57.8 Å². The standard InChI is InChI=1S/C19H35N3O/c23-19(20-16-10-4-1-5-11-16)22(18-14-8-3-9-15-18)21-17-12-6-2-7-13-17/h16-18,21H,1-15H2,(H,20,23). The molecule has 3 aliphatic rings. The van der Waals surface area contributed by atoms with Gasteiger partial charge in [-0.05, 0) is 38.5 Å². The first kappa shape index (κ1) is 17.1. The zero-order chi connectivity index (χ0) is 15.9. The number of carbonyl (C=O) groups excluding carboxylic acids is 1. The molecule has 23 heavy (non-hydrogen) atoms. The molecule has 2 amide bonds. The van der Waals surface area contributed by atoms with Gasteiger partial charge in [0.15, 0.2) is 0 Å². The van der Waals surface area contributed by atoms with Gasteiger partial charge in [-0.2, -0.15) is 0 Å². The third-order valence-electron chi connectivity index (χ3n) is 6.02. The molecule has 0 bridgehead atoms. The van der Waals surface area contributed by atoms with Gasteiger partial charge in [-0.25, -0.2) is 10.2 Å². The van der Waals surface area contributed by atoms with E-state index in [4.69, 9.17) is 0 Å². The van der Waals surface area contributed by atoms with E-state index in [1.165, 1.54) is 70.6 Å². The summed E-state index contributed by atoms with van der Waals surface area (Å²) < 4.78 is 0. The van der Waals surface area contributed by atoms with Crippen molar-refractivity contribution in [2.75, 3.05) is 0 Å². The minimum absolute atomic E-state index is 0.148. The van der Waals surface area contributed by atoms with Crippen LogP contribution in [0, 0.1) is 0 Å². The molecule has 2 N–H and O–H groups in total. The van der Waals surface area contributed by atoms with Crippen LogP contribution in [0.2, 0.25) is 0 Å². The van der Waals surface area contributed by atoms with Crippen molar-refractivity contribution in [3.05, 3.63) is 0 Å². The highest BCUT2D eigenvalue weighted by atomic mass is 16.2. The van der Waals surface area contributed by atoms with Crippen LogP contribution in [-0.4, -0.2) is 29.2 Å². The molecule has 0 atom stereocenters. The molecule has 3 fully saturated rings. The Morgan fingerprint density at radius 2 is 1.13 bits per heavy atom. The van der Waals surface area contributed by atoms with Gasteiger partial charge in [0.05, 0.1) is 6.04 Å². The van der Waals surface area contributed by atoms with Crippen molar-refractivity contribution in [3.63, 3.8) is 0 Å². The maximum Gasteiger partial charge on any atom is 0.332 e. The monoisotopic (exact) mass is 321 g/mol. The van der Waals surface area contributed by atoms with Crippen LogP contribution in [0.3, 0.4) is 0 Å². The molecular formula is C19H35N3O. The van der Waals surface area contributed by atoms with Gasteiger partial charge in [0.1, 0.15) is 0 Å². The summed E-state index contributed by atoms with van der Waals surface area (Å²) in [5.74, 6) is 0. The van der Waals surface area contributed by atoms with Gasteiger partial charge in [0.2, 0.25) is 0 Å². The molecule has 0 saturated heterocycles. The first-order valence-corrected chi connectivity index (χ1v) is 10.2. The van der Waals surface area contributed by atoms with Gasteiger partial charge < -0.3 is 5.32 Å². The predicted molar refractivity (Wildman–Crippen MR) is 94.1 cm³/mol. The molecular weight excluding hydrogens is 286 g/mol. The van der Waals surface area contributed by atoms with Crippen LogP contribution in [0.1, 0.15) is 96.3 Å². The minimum Gasteiger partial charge on any atom is -0.334 e. The molecule has 4 nitrogen and oxygen atoms in total. The number of hydrogen-bond donors (Lipinski definition) is 2. The first-order chi connectivity index (χ1) is 11.3. The van der Waals surface area contributed by atoms with E-state index in [2.05, 4.69) is 10.7 Å². The van der Waals surface area contributed by atoms with E-state index in [9.17, 15) is 4.79 Å². The number of rotatable bonds is 4. The molecule has 0 aliphatic heterocycles. The second-order valence-electron chi connectivity index (χ2n) is 7.91. The molecule has 0 unspecified atom stereocenters. The molecule has 0 spiro atoms. The van der Waals surface area contributed by atoms with Crippen molar-refractivity contribution >= 4 is 6.03 Å². The van der Waals surface area contributed by atoms with E-state index in [0.717, 1.165) is 25.7 Å². The van der Waals surface area contributed by atoms with Crippen LogP contribution in [0.15, 0.2) is 0 Å². The fourth-order valence-corrected chi connectivity index (χ4v) is 4.59. The van der Waals surface area contributed by atoms with Crippen molar-refractivity contribution in [3.8, 4) is 0 Å². The fraction of sp³-hybridized carbons (Fsp3) is 0.947. The first-order valence-electron chi connectivity index (χ1n) is 10.2. The van der Waals surface area contributed by atoms with Crippen molar-refractivity contribution < 1.29 is 4.79 Å². The highest BCUT2D eigenvalue weighted by Gasteiger charge is 2.29. The van der Waals surface area contributed by atoms with Crippen LogP contribution in [0.25, 0.3) is 0 Å². The highest BCUT2D eigenvalue weighted by Crippen LogP contribution is 2.25. The van der Waals surface area contributed by atoms with Crippen LogP contribution in [0.5, 0.6) is 0 Å². The molecule has 3 saturated carbocycles. The highest BCUT2D eigenvalue weighted by molar-refractivity contribution is 5.74. The smallest absolute Gasteiger partial charge is 0.332 e. The lowest BCUT2D eigenvalue weighted by Crippen LogP contribution is -2.58. The molecule has 132 valence electrons. The van der Waals surface area contributed by atoms with Crippen LogP contribution >= 0.6 is 0 Å². The molecule has 0 radical (unpaired) electrons. The number of hydrogen-bond acceptors (Lipinski definition) is 2. The van der Waals surface area contributed by atoms with Gasteiger partial charge in [-0.3, -0.25) is 5.01 Å². The number of amides is 2. The Morgan fingerprint density at radius 3 is 1.70 bits per heavy atom. The summed E-state index contributed by atoms with van der Waals surface area (Å²) in [6, 6.07) is 1.45. The lowest BCUT2D eigenvalue weighted by molar-refractivity contribution is 0.0899. The normalized spacial score (nSPS) is 25.2. The third-order valence-corrected chi connectivity index (χ3v) is 6.02. The summed E-state index contributed by atoms with van der Waals surface area (Å²) in [4.78, 5) is 12.9. The maximum absolute atomic E-state index is 12.9. The lowest BCUT2D eigenvalue weighted by atomic mass is 9.94. The third kappa shape index (κ3) is 5.10. The average Bonchev–Trinajstić information content (AvgIpc) is 2.62. The number of urea groups is 1. The Morgan fingerprint density at radius 1 is 0.652 bits per heavy atom. The Kier molecular flexibility index (Phi) is 6.61. The number of carbonyl (C=O) groups is 1. The zero-order valence-electron chi connectivity index (χ0n) is 14.7. The Labute approximate surface area is 141 Å². The summed E-state index contributed by atoms with van der Waals surface area (Å²) >= 11 is 0. The largest absolute Gasteiger partial charge is 0.334 e. The van der Waals surface area contributed by atoms with E-state index in [0.29, 0.717) is 18.1 Å². The Hall–Kier alpha value is -0.770. The molecule has 0 heterocycles. The molecule has 0 aromatic heterocycles. The van der Waals surface area contributed by atoms with E-state index in [-0.39, 0.29) is 6.03 Å². The molecule has 0 aromatic carbocycles. The Bertz CT molecular complexity index is 356. The van der Waals surface area contributed by atoms with Crippen LogP contribution < -0.4 is 10.7 Å². The minimum atomic E-state index is 0.148. The summed E-state index contributed by atoms with van der Waals surface area (Å²) in [5.41, 5.74) is 3.64. The molecule has 3 aliphatic carbocycles. The van der Waals surface area contributed by atoms with Crippen molar-refractivity contribution in [2.24, 2.45) is 0 Å². The SMILES string of the molecule is O=C(NC1CCCCC1)N(NC1CCCCC1)C1CCCCC1. The summed E-state index contributed by atoms with van der Waals surface area (Å²) in [5, 5.41) is 5.35. The molecule has 0 aromatic rings. The molecule has 4 heteroatoms. The second-order valence-corrected chi connectivity index (χ2v) is 7.91. The second kappa shape index (κ2) is 8.91. The number of nitrogens with zero attached hydrogens (tertiary/aromatic N) is 1. The summed E-state index contributed by atoms with van der Waals surface area (Å²) in [6.45, 7) is 0. The topological polar surface area (TPSA) is 44.4 Å². The number of hydrazine groups is 1. The van der Waals surface area contributed by atoms with Crippen molar-refractivity contribution in [1.82, 2.24) is 15.8 Å². The van der Waals surface area contributed by atoms with Gasteiger partial charge in [-0.15, -0.1) is 0 Å². The maximum atomic E-state index is 12.9. The fourth-order valence-electron chi connectivity index (χ4n) is 4.59. The van der Waals surface area contributed by atoms with Gasteiger partial charge >= 0.3 is 6.03 Å². The van der Waals surface area contributed by atoms with Crippen molar-refractivity contribution in [1.29, 1.82) is 0 Å². The number of nitrogens with one attached hydrogen (secondary N) is 2.